The first kappa shape index (κ1) is 13.0. The van der Waals surface area contributed by atoms with Crippen LogP contribution in [-0.2, 0) is 6.42 Å². The molecule has 0 saturated heterocycles. The first-order chi connectivity index (χ1) is 10.8. The van der Waals surface area contributed by atoms with Crippen molar-refractivity contribution in [1.82, 2.24) is 14.5 Å². The maximum Gasteiger partial charge on any atom is 0.146 e. The summed E-state index contributed by atoms with van der Waals surface area (Å²) in [5, 5.41) is 0. The van der Waals surface area contributed by atoms with Gasteiger partial charge >= 0.3 is 0 Å². The van der Waals surface area contributed by atoms with Crippen LogP contribution in [0.2, 0.25) is 0 Å². The first-order valence-corrected chi connectivity index (χ1v) is 7.59. The minimum atomic E-state index is 0.531. The van der Waals surface area contributed by atoms with Crippen molar-refractivity contribution < 1.29 is 0 Å². The fourth-order valence-corrected chi connectivity index (χ4v) is 2.93. The second kappa shape index (κ2) is 5.26. The van der Waals surface area contributed by atoms with Crippen LogP contribution in [0.3, 0.4) is 0 Å². The van der Waals surface area contributed by atoms with Gasteiger partial charge in [0.1, 0.15) is 11.6 Å². The van der Waals surface area contributed by atoms with Crippen molar-refractivity contribution in [3.8, 4) is 17.2 Å². The summed E-state index contributed by atoms with van der Waals surface area (Å²) in [6.45, 7) is 2.22. The van der Waals surface area contributed by atoms with Crippen LogP contribution in [0.1, 0.15) is 18.3 Å². The van der Waals surface area contributed by atoms with Gasteiger partial charge in [0.05, 0.1) is 11.4 Å². The third kappa shape index (κ3) is 2.15. The van der Waals surface area contributed by atoms with Gasteiger partial charge in [0.15, 0.2) is 0 Å². The molecule has 0 fully saturated rings. The average Bonchev–Trinajstić information content (AvgIpc) is 2.95. The highest BCUT2D eigenvalue weighted by Crippen LogP contribution is 2.30. The molecule has 1 unspecified atom stereocenters. The molecule has 3 heteroatoms. The number of hydrogen-bond donors (Lipinski definition) is 0. The second-order valence-corrected chi connectivity index (χ2v) is 5.70. The van der Waals surface area contributed by atoms with E-state index in [1.807, 2.05) is 42.6 Å². The normalized spacial score (nSPS) is 16.5. The molecule has 0 bridgehead atoms. The molecule has 3 nitrogen and oxygen atoms in total. The highest BCUT2D eigenvalue weighted by molar-refractivity contribution is 5.65. The summed E-state index contributed by atoms with van der Waals surface area (Å²) in [6, 6.07) is 16.3. The summed E-state index contributed by atoms with van der Waals surface area (Å²) >= 11 is 0. The van der Waals surface area contributed by atoms with Gasteiger partial charge in [-0.25, -0.2) is 9.97 Å². The minimum Gasteiger partial charge on any atom is -0.277 e. The SMILES string of the molecule is CC1C=Cc2c(nc(-c3ccccc3)n2-c2ccccn2)C1. The van der Waals surface area contributed by atoms with Crippen molar-refractivity contribution in [2.24, 2.45) is 5.92 Å². The Morgan fingerprint density at radius 1 is 1.05 bits per heavy atom. The van der Waals surface area contributed by atoms with Crippen molar-refractivity contribution in [1.29, 1.82) is 0 Å². The van der Waals surface area contributed by atoms with E-state index in [-0.39, 0.29) is 0 Å². The van der Waals surface area contributed by atoms with Crippen molar-refractivity contribution >= 4 is 6.08 Å². The van der Waals surface area contributed by atoms with Crippen molar-refractivity contribution in [3.05, 3.63) is 72.2 Å². The number of pyridine rings is 1. The molecule has 2 heterocycles. The molecule has 0 spiro atoms. The molecule has 0 aliphatic heterocycles. The number of imidazole rings is 1. The molecular weight excluding hydrogens is 270 g/mol. The van der Waals surface area contributed by atoms with Crippen LogP contribution in [0.15, 0.2) is 60.8 Å². The van der Waals surface area contributed by atoms with E-state index >= 15 is 0 Å². The van der Waals surface area contributed by atoms with E-state index in [4.69, 9.17) is 4.98 Å². The zero-order valence-corrected chi connectivity index (χ0v) is 12.5. The number of fused-ring (bicyclic) bond motifs is 1. The van der Waals surface area contributed by atoms with Gasteiger partial charge in [-0.15, -0.1) is 0 Å². The Morgan fingerprint density at radius 2 is 1.86 bits per heavy atom. The monoisotopic (exact) mass is 287 g/mol. The number of benzene rings is 1. The fourth-order valence-electron chi connectivity index (χ4n) is 2.93. The largest absolute Gasteiger partial charge is 0.277 e. The van der Waals surface area contributed by atoms with Crippen LogP contribution in [0.5, 0.6) is 0 Å². The van der Waals surface area contributed by atoms with E-state index in [0.29, 0.717) is 5.92 Å². The maximum absolute atomic E-state index is 4.92. The molecular formula is C19H17N3. The van der Waals surface area contributed by atoms with Crippen LogP contribution in [0.4, 0.5) is 0 Å². The van der Waals surface area contributed by atoms with Gasteiger partial charge in [0, 0.05) is 11.8 Å². The van der Waals surface area contributed by atoms with Crippen molar-refractivity contribution in [2.45, 2.75) is 13.3 Å². The molecule has 1 aliphatic carbocycles. The summed E-state index contributed by atoms with van der Waals surface area (Å²) in [5.74, 6) is 2.40. The number of aromatic nitrogens is 3. The maximum atomic E-state index is 4.92. The summed E-state index contributed by atoms with van der Waals surface area (Å²) in [6.07, 6.45) is 7.23. The van der Waals surface area contributed by atoms with E-state index < -0.39 is 0 Å². The summed E-state index contributed by atoms with van der Waals surface area (Å²) in [4.78, 5) is 9.44. The van der Waals surface area contributed by atoms with E-state index in [2.05, 4.69) is 40.8 Å². The smallest absolute Gasteiger partial charge is 0.146 e. The Bertz CT molecular complexity index is 817. The van der Waals surface area contributed by atoms with Gasteiger partial charge in [0.2, 0.25) is 0 Å². The molecule has 1 aliphatic rings. The lowest BCUT2D eigenvalue weighted by atomic mass is 9.98. The van der Waals surface area contributed by atoms with E-state index in [1.54, 1.807) is 0 Å². The Labute approximate surface area is 130 Å². The Morgan fingerprint density at radius 3 is 2.64 bits per heavy atom. The summed E-state index contributed by atoms with van der Waals surface area (Å²) in [7, 11) is 0. The molecule has 4 rings (SSSR count). The topological polar surface area (TPSA) is 30.7 Å². The predicted octanol–water partition coefficient (Wildman–Crippen LogP) is 4.14. The molecule has 0 N–H and O–H groups in total. The minimum absolute atomic E-state index is 0.531. The molecule has 0 saturated carbocycles. The lowest BCUT2D eigenvalue weighted by Crippen LogP contribution is -2.06. The second-order valence-electron chi connectivity index (χ2n) is 5.70. The lowest BCUT2D eigenvalue weighted by molar-refractivity contribution is 0.701. The Hall–Kier alpha value is -2.68. The molecule has 1 atom stereocenters. The van der Waals surface area contributed by atoms with E-state index in [9.17, 15) is 0 Å². The van der Waals surface area contributed by atoms with Gasteiger partial charge in [-0.1, -0.05) is 49.4 Å². The van der Waals surface area contributed by atoms with Gasteiger partial charge < -0.3 is 0 Å². The third-order valence-corrected chi connectivity index (χ3v) is 4.00. The van der Waals surface area contributed by atoms with Crippen molar-refractivity contribution in [3.63, 3.8) is 0 Å². The zero-order chi connectivity index (χ0) is 14.9. The Balaban J connectivity index is 1.98. The van der Waals surface area contributed by atoms with Crippen molar-refractivity contribution in [2.75, 3.05) is 0 Å². The van der Waals surface area contributed by atoms with E-state index in [1.165, 1.54) is 0 Å². The van der Waals surface area contributed by atoms with Gasteiger partial charge in [0.25, 0.3) is 0 Å². The van der Waals surface area contributed by atoms with E-state index in [0.717, 1.165) is 35.0 Å². The fraction of sp³-hybridized carbons (Fsp3) is 0.158. The van der Waals surface area contributed by atoms with Gasteiger partial charge in [-0.3, -0.25) is 4.57 Å². The third-order valence-electron chi connectivity index (χ3n) is 4.00. The molecule has 2 aromatic heterocycles. The standard InChI is InChI=1S/C19H17N3/c1-14-10-11-17-16(13-14)21-19(15-7-3-2-4-8-15)22(17)18-9-5-6-12-20-18/h2-12,14H,13H2,1H3. The quantitative estimate of drug-likeness (QED) is 0.709. The number of hydrogen-bond acceptors (Lipinski definition) is 2. The molecule has 0 radical (unpaired) electrons. The van der Waals surface area contributed by atoms with Crippen LogP contribution in [-0.4, -0.2) is 14.5 Å². The van der Waals surface area contributed by atoms with Crippen LogP contribution in [0.25, 0.3) is 23.3 Å². The van der Waals surface area contributed by atoms with Gasteiger partial charge in [-0.05, 0) is 30.5 Å². The van der Waals surface area contributed by atoms with Crippen LogP contribution >= 0.6 is 0 Å². The predicted molar refractivity (Wildman–Crippen MR) is 88.7 cm³/mol. The highest BCUT2D eigenvalue weighted by Gasteiger charge is 2.22. The number of nitrogens with zero attached hydrogens (tertiary/aromatic N) is 3. The highest BCUT2D eigenvalue weighted by atomic mass is 15.1. The molecule has 1 aromatic carbocycles. The lowest BCUT2D eigenvalue weighted by Gasteiger charge is -2.13. The van der Waals surface area contributed by atoms with Crippen LogP contribution in [0, 0.1) is 5.92 Å². The first-order valence-electron chi connectivity index (χ1n) is 7.59. The number of allylic oxidation sites excluding steroid dienone is 1. The molecule has 22 heavy (non-hydrogen) atoms. The average molecular weight is 287 g/mol. The molecule has 108 valence electrons. The Kier molecular flexibility index (Phi) is 3.11. The summed E-state index contributed by atoms with van der Waals surface area (Å²) < 4.78 is 2.16. The summed E-state index contributed by atoms with van der Waals surface area (Å²) in [5.41, 5.74) is 3.42. The van der Waals surface area contributed by atoms with Crippen LogP contribution < -0.4 is 0 Å². The number of rotatable bonds is 2. The molecule has 3 aromatic rings. The molecule has 0 amide bonds. The zero-order valence-electron chi connectivity index (χ0n) is 12.5. The van der Waals surface area contributed by atoms with Gasteiger partial charge in [-0.2, -0.15) is 0 Å².